The fourth-order valence-electron chi connectivity index (χ4n) is 2.42. The Hall–Kier alpha value is -1.87. The third-order valence-corrected chi connectivity index (χ3v) is 4.65. The molecule has 0 amide bonds. The summed E-state index contributed by atoms with van der Waals surface area (Å²) < 4.78 is 56.3. The Morgan fingerprint density at radius 3 is 2.64 bits per heavy atom. The van der Waals surface area contributed by atoms with Gasteiger partial charge in [-0.05, 0) is 0 Å². The first-order valence-corrected chi connectivity index (χ1v) is 8.35. The smallest absolute Gasteiger partial charge is 0.263 e. The molecule has 1 saturated heterocycles. The Morgan fingerprint density at radius 2 is 2.00 bits per heavy atom. The maximum atomic E-state index is 13.6. The van der Waals surface area contributed by atoms with Crippen molar-refractivity contribution in [3.8, 4) is 11.4 Å². The molecule has 2 aromatic rings. The molecule has 1 fully saturated rings. The predicted octanol–water partition coefficient (Wildman–Crippen LogP) is 2.08. The van der Waals surface area contributed by atoms with Gasteiger partial charge < -0.3 is 4.52 Å². The van der Waals surface area contributed by atoms with Crippen molar-refractivity contribution in [1.82, 2.24) is 14.4 Å². The van der Waals surface area contributed by atoms with Gasteiger partial charge in [0.05, 0.1) is 12.8 Å². The van der Waals surface area contributed by atoms with Gasteiger partial charge in [0.1, 0.15) is 6.04 Å². The first-order chi connectivity index (χ1) is 10.3. The molecule has 1 aliphatic rings. The highest BCUT2D eigenvalue weighted by Gasteiger charge is 2.51. The van der Waals surface area contributed by atoms with Gasteiger partial charge >= 0.3 is 0 Å². The molecule has 22 heavy (non-hydrogen) atoms. The van der Waals surface area contributed by atoms with Crippen LogP contribution in [0.3, 0.4) is 0 Å². The van der Waals surface area contributed by atoms with Crippen LogP contribution >= 0.6 is 0 Å². The molecular weight excluding hydrogens is 316 g/mol. The third kappa shape index (κ3) is 2.86. The van der Waals surface area contributed by atoms with E-state index in [1.165, 1.54) is 0 Å². The van der Waals surface area contributed by atoms with Crippen molar-refractivity contribution in [2.24, 2.45) is 0 Å². The van der Waals surface area contributed by atoms with Gasteiger partial charge in [-0.1, -0.05) is 35.5 Å². The van der Waals surface area contributed by atoms with E-state index in [1.807, 2.05) is 6.07 Å². The normalized spacial score (nSPS) is 22.0. The molecule has 0 radical (unpaired) electrons. The summed E-state index contributed by atoms with van der Waals surface area (Å²) in [5, 5.41) is 3.74. The molecule has 0 saturated carbocycles. The first-order valence-electron chi connectivity index (χ1n) is 6.50. The van der Waals surface area contributed by atoms with E-state index in [0.717, 1.165) is 6.26 Å². The van der Waals surface area contributed by atoms with Crippen molar-refractivity contribution in [2.75, 3.05) is 12.8 Å². The second kappa shape index (κ2) is 5.10. The molecule has 0 spiro atoms. The predicted molar refractivity (Wildman–Crippen MR) is 73.6 cm³/mol. The lowest BCUT2D eigenvalue weighted by atomic mass is 10.2. The Morgan fingerprint density at radius 1 is 1.32 bits per heavy atom. The van der Waals surface area contributed by atoms with Crippen molar-refractivity contribution < 1.29 is 21.7 Å². The van der Waals surface area contributed by atoms with Crippen LogP contribution in [-0.2, 0) is 10.0 Å². The summed E-state index contributed by atoms with van der Waals surface area (Å²) >= 11 is 0. The van der Waals surface area contributed by atoms with Gasteiger partial charge in [-0.3, -0.25) is 0 Å². The molecule has 3 rings (SSSR count). The largest absolute Gasteiger partial charge is 0.337 e. The van der Waals surface area contributed by atoms with Crippen molar-refractivity contribution in [3.63, 3.8) is 0 Å². The van der Waals surface area contributed by atoms with Crippen molar-refractivity contribution in [1.29, 1.82) is 0 Å². The van der Waals surface area contributed by atoms with Crippen LogP contribution in [0.2, 0.25) is 0 Å². The summed E-state index contributed by atoms with van der Waals surface area (Å²) in [4.78, 5) is 4.07. The number of benzene rings is 1. The Bertz CT molecular complexity index is 777. The quantitative estimate of drug-likeness (QED) is 0.862. The number of hydrogen-bond donors (Lipinski definition) is 0. The molecular formula is C13H13F2N3O3S. The molecule has 0 N–H and O–H groups in total. The van der Waals surface area contributed by atoms with E-state index in [0.29, 0.717) is 9.87 Å². The van der Waals surface area contributed by atoms with Gasteiger partial charge in [-0.2, -0.15) is 9.29 Å². The Kier molecular flexibility index (Phi) is 3.48. The van der Waals surface area contributed by atoms with Crippen LogP contribution in [0.1, 0.15) is 18.4 Å². The number of aromatic nitrogens is 2. The number of rotatable bonds is 3. The number of hydrogen-bond acceptors (Lipinski definition) is 5. The summed E-state index contributed by atoms with van der Waals surface area (Å²) in [5.41, 5.74) is 0.660. The highest BCUT2D eigenvalue weighted by molar-refractivity contribution is 7.88. The Labute approximate surface area is 125 Å². The van der Waals surface area contributed by atoms with Gasteiger partial charge in [-0.15, -0.1) is 0 Å². The standard InChI is InChI=1S/C13H13F2N3O3S/c1-22(19,20)18-8-13(14,15)7-10(18)12-16-11(17-21-12)9-5-3-2-4-6-9/h2-6,10H,7-8H2,1H3/t10-/m0/s1. The van der Waals surface area contributed by atoms with Crippen molar-refractivity contribution in [3.05, 3.63) is 36.2 Å². The molecule has 118 valence electrons. The number of nitrogens with zero attached hydrogens (tertiary/aromatic N) is 3. The van der Waals surface area contributed by atoms with Gasteiger partial charge in [0.25, 0.3) is 5.92 Å². The van der Waals surface area contributed by atoms with Crippen molar-refractivity contribution >= 4 is 10.0 Å². The van der Waals surface area contributed by atoms with E-state index in [2.05, 4.69) is 10.1 Å². The minimum atomic E-state index is -3.80. The number of halogens is 2. The topological polar surface area (TPSA) is 76.3 Å². The van der Waals surface area contributed by atoms with E-state index in [1.54, 1.807) is 24.3 Å². The van der Waals surface area contributed by atoms with Crippen LogP contribution < -0.4 is 0 Å². The summed E-state index contributed by atoms with van der Waals surface area (Å²) in [7, 11) is -3.80. The molecule has 0 aliphatic carbocycles. The Balaban J connectivity index is 1.95. The summed E-state index contributed by atoms with van der Waals surface area (Å²) in [6, 6.07) is 7.71. The number of sulfonamides is 1. The van der Waals surface area contributed by atoms with Gasteiger partial charge in [0, 0.05) is 12.0 Å². The molecule has 1 atom stereocenters. The minimum absolute atomic E-state index is 0.124. The zero-order valence-corrected chi connectivity index (χ0v) is 12.4. The van der Waals surface area contributed by atoms with Crippen LogP contribution in [0.15, 0.2) is 34.9 Å². The minimum Gasteiger partial charge on any atom is -0.337 e. The fourth-order valence-corrected chi connectivity index (χ4v) is 3.47. The van der Waals surface area contributed by atoms with Gasteiger partial charge in [0.2, 0.25) is 21.7 Å². The zero-order chi connectivity index (χ0) is 16.0. The van der Waals surface area contributed by atoms with E-state index in [9.17, 15) is 17.2 Å². The maximum absolute atomic E-state index is 13.6. The molecule has 9 heteroatoms. The van der Waals surface area contributed by atoms with Gasteiger partial charge in [0.15, 0.2) is 0 Å². The van der Waals surface area contributed by atoms with Gasteiger partial charge in [-0.25, -0.2) is 17.2 Å². The molecule has 0 bridgehead atoms. The van der Waals surface area contributed by atoms with Crippen LogP contribution in [0.25, 0.3) is 11.4 Å². The molecule has 6 nitrogen and oxygen atoms in total. The fraction of sp³-hybridized carbons (Fsp3) is 0.385. The zero-order valence-electron chi connectivity index (χ0n) is 11.6. The highest BCUT2D eigenvalue weighted by atomic mass is 32.2. The molecule has 2 heterocycles. The lowest BCUT2D eigenvalue weighted by Crippen LogP contribution is -2.32. The third-order valence-electron chi connectivity index (χ3n) is 3.41. The second-order valence-corrected chi connectivity index (χ2v) is 7.14. The average molecular weight is 329 g/mol. The van der Waals surface area contributed by atoms with Crippen LogP contribution in [0.5, 0.6) is 0 Å². The van der Waals surface area contributed by atoms with E-state index < -0.39 is 35.0 Å². The lowest BCUT2D eigenvalue weighted by molar-refractivity contribution is 0.0166. The molecule has 1 aromatic carbocycles. The van der Waals surface area contributed by atoms with E-state index in [-0.39, 0.29) is 11.7 Å². The molecule has 1 aliphatic heterocycles. The van der Waals surface area contributed by atoms with Crippen LogP contribution in [-0.4, -0.2) is 41.6 Å². The average Bonchev–Trinajstić information content (AvgIpc) is 3.03. The van der Waals surface area contributed by atoms with Crippen LogP contribution in [0, 0.1) is 0 Å². The monoisotopic (exact) mass is 329 g/mol. The summed E-state index contributed by atoms with van der Waals surface area (Å²) in [6.07, 6.45) is 0.215. The lowest BCUT2D eigenvalue weighted by Gasteiger charge is -2.17. The molecule has 1 aromatic heterocycles. The van der Waals surface area contributed by atoms with E-state index >= 15 is 0 Å². The first kappa shape index (κ1) is 15.0. The SMILES string of the molecule is CS(=O)(=O)N1CC(F)(F)C[C@H]1c1nc(-c2ccccc2)no1. The number of alkyl halides is 2. The summed E-state index contributed by atoms with van der Waals surface area (Å²) in [5.74, 6) is -3.00. The maximum Gasteiger partial charge on any atom is 0.263 e. The molecule has 0 unspecified atom stereocenters. The highest BCUT2D eigenvalue weighted by Crippen LogP contribution is 2.42. The van der Waals surface area contributed by atoms with Crippen LogP contribution in [0.4, 0.5) is 8.78 Å². The summed E-state index contributed by atoms with van der Waals surface area (Å²) in [6.45, 7) is -0.875. The van der Waals surface area contributed by atoms with Crippen molar-refractivity contribution in [2.45, 2.75) is 18.4 Å². The van der Waals surface area contributed by atoms with E-state index in [4.69, 9.17) is 4.52 Å². The second-order valence-electron chi connectivity index (χ2n) is 5.21.